The zero-order chi connectivity index (χ0) is 19.7. The van der Waals surface area contributed by atoms with Crippen LogP contribution in [-0.4, -0.2) is 29.1 Å². The normalized spacial score (nSPS) is 19.2. The number of nitrogens with zero attached hydrogens (tertiary/aromatic N) is 1. The van der Waals surface area contributed by atoms with Gasteiger partial charge in [0.25, 0.3) is 5.91 Å². The molecule has 1 aliphatic rings. The molecule has 2 aromatic carbocycles. The predicted octanol–water partition coefficient (Wildman–Crippen LogP) is 4.76. The Hall–Kier alpha value is -2.37. The van der Waals surface area contributed by atoms with E-state index >= 15 is 0 Å². The van der Waals surface area contributed by atoms with E-state index in [1.54, 1.807) is 42.2 Å². The number of nitrogens with two attached hydrogens (primary N) is 1. The van der Waals surface area contributed by atoms with Crippen LogP contribution in [0, 0.1) is 11.2 Å². The van der Waals surface area contributed by atoms with E-state index in [1.165, 1.54) is 12.1 Å². The first-order chi connectivity index (χ1) is 12.8. The summed E-state index contributed by atoms with van der Waals surface area (Å²) in [5, 5.41) is 9.00. The van der Waals surface area contributed by atoms with Crippen molar-refractivity contribution in [2.24, 2.45) is 5.73 Å². The van der Waals surface area contributed by atoms with Crippen molar-refractivity contribution in [3.05, 3.63) is 75.0 Å². The lowest BCUT2D eigenvalue weighted by Gasteiger charge is -2.36. The van der Waals surface area contributed by atoms with Crippen LogP contribution in [0.25, 0.3) is 5.70 Å². The molecule has 3 rings (SSSR count). The average molecular weight is 406 g/mol. The van der Waals surface area contributed by atoms with E-state index in [2.05, 4.69) is 0 Å². The molecule has 0 saturated carbocycles. The lowest BCUT2D eigenvalue weighted by Crippen LogP contribution is -2.48. The molecule has 0 aromatic heterocycles. The van der Waals surface area contributed by atoms with E-state index in [4.69, 9.17) is 34.3 Å². The van der Waals surface area contributed by atoms with Gasteiger partial charge < -0.3 is 16.0 Å². The molecule has 0 aliphatic carbocycles. The summed E-state index contributed by atoms with van der Waals surface area (Å²) in [6.07, 6.45) is 0.427. The summed E-state index contributed by atoms with van der Waals surface area (Å²) in [4.78, 5) is 14.5. The third-order valence-corrected chi connectivity index (χ3v) is 5.56. The SMILES string of the molecule is CC1C(=N)/C(=C(\N)c2ccc(F)cc2)CCN1C(=O)c1cccc(Cl)c1Cl. The first-order valence-corrected chi connectivity index (χ1v) is 9.15. The van der Waals surface area contributed by atoms with Gasteiger partial charge in [-0.1, -0.05) is 29.3 Å². The number of carbonyl (C=O) groups is 1. The van der Waals surface area contributed by atoms with E-state index in [1.807, 2.05) is 0 Å². The predicted molar refractivity (Wildman–Crippen MR) is 107 cm³/mol. The van der Waals surface area contributed by atoms with Crippen molar-refractivity contribution in [3.63, 3.8) is 0 Å². The Bertz CT molecular complexity index is 941. The Kier molecular flexibility index (Phi) is 5.53. The van der Waals surface area contributed by atoms with Crippen LogP contribution in [0.15, 0.2) is 48.0 Å². The third-order valence-electron chi connectivity index (χ3n) is 4.74. The monoisotopic (exact) mass is 405 g/mol. The summed E-state index contributed by atoms with van der Waals surface area (Å²) in [5.41, 5.74) is 8.54. The van der Waals surface area contributed by atoms with Crippen molar-refractivity contribution in [1.82, 2.24) is 4.90 Å². The molecule has 7 heteroatoms. The Morgan fingerprint density at radius 3 is 2.56 bits per heavy atom. The van der Waals surface area contributed by atoms with Gasteiger partial charge in [-0.05, 0) is 55.3 Å². The summed E-state index contributed by atoms with van der Waals surface area (Å²) < 4.78 is 13.1. The van der Waals surface area contributed by atoms with Gasteiger partial charge in [0.2, 0.25) is 0 Å². The molecular weight excluding hydrogens is 388 g/mol. The molecule has 3 N–H and O–H groups in total. The molecule has 0 radical (unpaired) electrons. The smallest absolute Gasteiger partial charge is 0.255 e. The second-order valence-electron chi connectivity index (χ2n) is 6.34. The molecule has 1 atom stereocenters. The molecule has 1 fully saturated rings. The maximum absolute atomic E-state index is 13.1. The van der Waals surface area contributed by atoms with Gasteiger partial charge in [0.1, 0.15) is 5.82 Å². The second-order valence-corrected chi connectivity index (χ2v) is 7.12. The number of benzene rings is 2. The molecule has 1 aliphatic heterocycles. The van der Waals surface area contributed by atoms with Crippen LogP contribution in [0.2, 0.25) is 10.0 Å². The van der Waals surface area contributed by atoms with Gasteiger partial charge in [-0.3, -0.25) is 4.79 Å². The summed E-state index contributed by atoms with van der Waals surface area (Å²) in [5.74, 6) is -0.627. The number of amides is 1. The average Bonchev–Trinajstić information content (AvgIpc) is 2.66. The molecule has 27 heavy (non-hydrogen) atoms. The second kappa shape index (κ2) is 7.71. The van der Waals surface area contributed by atoms with Gasteiger partial charge in [0, 0.05) is 17.8 Å². The van der Waals surface area contributed by atoms with Crippen LogP contribution in [0.5, 0.6) is 0 Å². The number of rotatable bonds is 2. The number of hydrogen-bond donors (Lipinski definition) is 2. The van der Waals surface area contributed by atoms with Gasteiger partial charge in [0.15, 0.2) is 0 Å². The Labute approximate surface area is 166 Å². The topological polar surface area (TPSA) is 70.2 Å². The minimum Gasteiger partial charge on any atom is -0.398 e. The fourth-order valence-electron chi connectivity index (χ4n) is 3.15. The van der Waals surface area contributed by atoms with Crippen LogP contribution in [0.3, 0.4) is 0 Å². The highest BCUT2D eigenvalue weighted by molar-refractivity contribution is 6.43. The van der Waals surface area contributed by atoms with Crippen LogP contribution in [0.1, 0.15) is 29.3 Å². The largest absolute Gasteiger partial charge is 0.398 e. The maximum atomic E-state index is 13.1. The number of likely N-dealkylation sites (tertiary alicyclic amines) is 1. The molecule has 1 unspecified atom stereocenters. The third kappa shape index (κ3) is 3.70. The summed E-state index contributed by atoms with van der Waals surface area (Å²) in [6.45, 7) is 2.16. The van der Waals surface area contributed by atoms with Gasteiger partial charge in [-0.15, -0.1) is 0 Å². The van der Waals surface area contributed by atoms with E-state index in [-0.39, 0.29) is 22.5 Å². The van der Waals surface area contributed by atoms with E-state index in [0.29, 0.717) is 40.4 Å². The van der Waals surface area contributed by atoms with Crippen molar-refractivity contribution in [3.8, 4) is 0 Å². The van der Waals surface area contributed by atoms with Crippen LogP contribution < -0.4 is 5.73 Å². The summed E-state index contributed by atoms with van der Waals surface area (Å²) >= 11 is 12.2. The molecule has 0 bridgehead atoms. The fourth-order valence-corrected chi connectivity index (χ4v) is 3.53. The number of halogens is 3. The van der Waals surface area contributed by atoms with Crippen molar-refractivity contribution < 1.29 is 9.18 Å². The Morgan fingerprint density at radius 1 is 1.22 bits per heavy atom. The molecule has 0 spiro atoms. The molecule has 1 saturated heterocycles. The van der Waals surface area contributed by atoms with Crippen LogP contribution in [0.4, 0.5) is 4.39 Å². The summed E-state index contributed by atoms with van der Waals surface area (Å²) in [6, 6.07) is 10.2. The minimum atomic E-state index is -0.477. The molecule has 1 amide bonds. The maximum Gasteiger partial charge on any atom is 0.255 e. The molecule has 4 nitrogen and oxygen atoms in total. The lowest BCUT2D eigenvalue weighted by molar-refractivity contribution is 0.0728. The van der Waals surface area contributed by atoms with Gasteiger partial charge in [0.05, 0.1) is 27.4 Å². The fraction of sp³-hybridized carbons (Fsp3) is 0.200. The van der Waals surface area contributed by atoms with Crippen LogP contribution in [-0.2, 0) is 0 Å². The van der Waals surface area contributed by atoms with Gasteiger partial charge in [-0.25, -0.2) is 4.39 Å². The van der Waals surface area contributed by atoms with Crippen molar-refractivity contribution >= 4 is 40.5 Å². The molecular formula is C20H18Cl2FN3O. The molecule has 2 aromatic rings. The quantitative estimate of drug-likeness (QED) is 0.755. The number of hydrogen-bond acceptors (Lipinski definition) is 3. The Morgan fingerprint density at radius 2 is 1.89 bits per heavy atom. The van der Waals surface area contributed by atoms with E-state index in [0.717, 1.165) is 0 Å². The van der Waals surface area contributed by atoms with Gasteiger partial charge in [-0.2, -0.15) is 0 Å². The molecule has 1 heterocycles. The van der Waals surface area contributed by atoms with E-state index in [9.17, 15) is 9.18 Å². The van der Waals surface area contributed by atoms with Crippen molar-refractivity contribution in [2.75, 3.05) is 6.54 Å². The lowest BCUT2D eigenvalue weighted by atomic mass is 9.91. The number of nitrogens with one attached hydrogen (secondary N) is 1. The number of carbonyl (C=O) groups excluding carboxylic acids is 1. The zero-order valence-electron chi connectivity index (χ0n) is 14.6. The van der Waals surface area contributed by atoms with E-state index < -0.39 is 6.04 Å². The highest BCUT2D eigenvalue weighted by Gasteiger charge is 2.33. The first kappa shape index (κ1) is 19.4. The zero-order valence-corrected chi connectivity index (χ0v) is 16.1. The Balaban J connectivity index is 1.88. The number of piperidine rings is 1. The summed E-state index contributed by atoms with van der Waals surface area (Å²) in [7, 11) is 0. The van der Waals surface area contributed by atoms with Crippen LogP contribution >= 0.6 is 23.2 Å². The van der Waals surface area contributed by atoms with Crippen molar-refractivity contribution in [2.45, 2.75) is 19.4 Å². The highest BCUT2D eigenvalue weighted by atomic mass is 35.5. The van der Waals surface area contributed by atoms with Crippen molar-refractivity contribution in [1.29, 1.82) is 5.41 Å². The first-order valence-electron chi connectivity index (χ1n) is 8.39. The van der Waals surface area contributed by atoms with Gasteiger partial charge >= 0.3 is 0 Å². The minimum absolute atomic E-state index is 0.204. The molecule has 140 valence electrons. The highest BCUT2D eigenvalue weighted by Crippen LogP contribution is 2.30. The standard InChI is InChI=1S/C20H18Cl2FN3O/c1-11-18(24)15(19(25)12-5-7-13(23)8-6-12)9-10-26(11)20(27)14-3-2-4-16(21)17(14)22/h2-8,11,24H,9-10,25H2,1H3/b19-15-,24-18?.